The summed E-state index contributed by atoms with van der Waals surface area (Å²) >= 11 is 6.63. The van der Waals surface area contributed by atoms with E-state index in [-0.39, 0.29) is 53.9 Å². The van der Waals surface area contributed by atoms with Crippen LogP contribution in [0.15, 0.2) is 48.6 Å². The van der Waals surface area contributed by atoms with Crippen molar-refractivity contribution in [2.24, 2.45) is 17.3 Å². The molecule has 5 atom stereocenters. The Morgan fingerprint density at radius 3 is 2.04 bits per heavy atom. The van der Waals surface area contributed by atoms with Crippen LogP contribution >= 0.6 is 11.6 Å². The molecule has 0 aromatic heterocycles. The highest BCUT2D eigenvalue weighted by molar-refractivity contribution is 6.21. The van der Waals surface area contributed by atoms with Crippen LogP contribution in [-0.4, -0.2) is 53.0 Å². The quantitative estimate of drug-likeness (QED) is 0.0337. The molecule has 0 amide bonds. The van der Waals surface area contributed by atoms with Crippen molar-refractivity contribution in [3.8, 4) is 0 Å². The van der Waals surface area contributed by atoms with Crippen LogP contribution in [0.4, 0.5) is 0 Å². The van der Waals surface area contributed by atoms with E-state index in [1.165, 1.54) is 102 Å². The van der Waals surface area contributed by atoms with Gasteiger partial charge in [-0.3, -0.25) is 4.79 Å². The molecule has 2 N–H and O–H groups in total. The fraction of sp³-hybridized carbons (Fsp3) is 0.750. The zero-order chi connectivity index (χ0) is 39.6. The zero-order valence-electron chi connectivity index (χ0n) is 34.7. The summed E-state index contributed by atoms with van der Waals surface area (Å²) in [4.78, 5) is 24.7. The van der Waals surface area contributed by atoms with Crippen LogP contribution < -0.4 is 0 Å². The molecule has 0 heterocycles. The highest BCUT2D eigenvalue weighted by Gasteiger charge is 2.42. The Morgan fingerprint density at radius 2 is 1.44 bits per heavy atom. The van der Waals surface area contributed by atoms with Crippen LogP contribution in [0.1, 0.15) is 190 Å². The second kappa shape index (κ2) is 28.3. The number of carbonyl (C=O) groups is 2. The minimum absolute atomic E-state index is 0.0124. The van der Waals surface area contributed by atoms with Crippen molar-refractivity contribution in [3.63, 3.8) is 0 Å². The topological polar surface area (TPSA) is 93.1 Å². The van der Waals surface area contributed by atoms with Gasteiger partial charge >= 0.3 is 11.9 Å². The number of aliphatic hydroxyl groups is 2. The molecule has 3 rings (SSSR count). The van der Waals surface area contributed by atoms with Crippen molar-refractivity contribution < 1.29 is 29.3 Å². The van der Waals surface area contributed by atoms with Crippen molar-refractivity contribution in [1.29, 1.82) is 0 Å². The fourth-order valence-corrected chi connectivity index (χ4v) is 8.92. The number of alkyl halides is 1. The van der Waals surface area contributed by atoms with Gasteiger partial charge in [-0.25, -0.2) is 4.79 Å². The number of aryl methyl sites for hydroxylation is 1. The van der Waals surface area contributed by atoms with Crippen molar-refractivity contribution >= 4 is 23.5 Å². The number of hydrogen-bond acceptors (Lipinski definition) is 6. The average molecular weight is 786 g/mol. The first-order valence-corrected chi connectivity index (χ1v) is 23.0. The molecular formula is C48H77ClO6. The Labute approximate surface area is 340 Å². The van der Waals surface area contributed by atoms with Crippen LogP contribution in [0.5, 0.6) is 0 Å². The molecular weight excluding hydrogens is 708 g/mol. The molecule has 0 aliphatic heterocycles. The van der Waals surface area contributed by atoms with Gasteiger partial charge in [0, 0.05) is 24.1 Å². The summed E-state index contributed by atoms with van der Waals surface area (Å²) in [6, 6.07) is 7.76. The highest BCUT2D eigenvalue weighted by atomic mass is 35.5. The van der Waals surface area contributed by atoms with E-state index in [0.717, 1.165) is 38.5 Å². The van der Waals surface area contributed by atoms with Crippen LogP contribution in [-0.2, 0) is 20.7 Å². The summed E-state index contributed by atoms with van der Waals surface area (Å²) in [6.45, 7) is 4.88. The predicted molar refractivity (Wildman–Crippen MR) is 228 cm³/mol. The number of halogens is 1. The van der Waals surface area contributed by atoms with E-state index in [4.69, 9.17) is 21.1 Å². The molecule has 2 aliphatic carbocycles. The van der Waals surface area contributed by atoms with Crippen molar-refractivity contribution in [3.05, 3.63) is 59.7 Å². The van der Waals surface area contributed by atoms with E-state index < -0.39 is 6.10 Å². The van der Waals surface area contributed by atoms with E-state index in [0.29, 0.717) is 37.7 Å². The Bertz CT molecular complexity index is 1220. The van der Waals surface area contributed by atoms with Crippen LogP contribution in [0.3, 0.4) is 0 Å². The number of benzene rings is 1. The van der Waals surface area contributed by atoms with Crippen molar-refractivity contribution in [2.75, 3.05) is 13.2 Å². The number of hydrogen-bond donors (Lipinski definition) is 2. The number of rotatable bonds is 31. The smallest absolute Gasteiger partial charge is 0.338 e. The lowest BCUT2D eigenvalue weighted by Gasteiger charge is -2.45. The molecule has 0 bridgehead atoms. The standard InChI is InChI=1S/C48H77ClO6/c1-3-5-6-7-8-9-10-11-12-13-14-15-16-19-25-39-30-32-40(33-31-39)47(53)55-37-24-36-54-46(52)29-21-18-17-20-26-41-42(44(50)38-43(41)49)27-22-28-45(51)48(4-2)34-23-35-48/h17,20,22,27,30-33,41-45,50-51H,3-16,18-19,21,23-26,28-29,34-38H2,1-2H3/b20-17-,27-22+/t41-,42-,43-,44-,45+/m1/s1. The predicted octanol–water partition coefficient (Wildman–Crippen LogP) is 12.4. The summed E-state index contributed by atoms with van der Waals surface area (Å²) in [7, 11) is 0. The molecule has 2 fully saturated rings. The molecule has 2 aliphatic rings. The van der Waals surface area contributed by atoms with Crippen molar-refractivity contribution in [1.82, 2.24) is 0 Å². The fourth-order valence-electron chi connectivity index (χ4n) is 8.46. The van der Waals surface area contributed by atoms with E-state index in [1.807, 2.05) is 24.3 Å². The van der Waals surface area contributed by atoms with E-state index in [2.05, 4.69) is 38.2 Å². The Morgan fingerprint density at radius 1 is 0.818 bits per heavy atom. The molecule has 0 radical (unpaired) electrons. The zero-order valence-corrected chi connectivity index (χ0v) is 35.5. The Balaban J connectivity index is 1.16. The molecule has 6 nitrogen and oxygen atoms in total. The number of allylic oxidation sites excluding steroid dienone is 2. The van der Waals surface area contributed by atoms with Gasteiger partial charge in [0.05, 0.1) is 31.0 Å². The minimum Gasteiger partial charge on any atom is -0.466 e. The third-order valence-corrected chi connectivity index (χ3v) is 13.0. The first kappa shape index (κ1) is 47.2. The second-order valence-electron chi connectivity index (χ2n) is 16.7. The number of unbranched alkanes of at least 4 members (excludes halogenated alkanes) is 14. The summed E-state index contributed by atoms with van der Waals surface area (Å²) in [5, 5.41) is 21.3. The Kier molecular flexibility index (Phi) is 24.3. The number of aliphatic hydroxyl groups excluding tert-OH is 2. The monoisotopic (exact) mass is 785 g/mol. The molecule has 312 valence electrons. The molecule has 2 saturated carbocycles. The number of ether oxygens (including phenoxy) is 2. The maximum absolute atomic E-state index is 12.5. The summed E-state index contributed by atoms with van der Waals surface area (Å²) in [6.07, 6.45) is 36.3. The minimum atomic E-state index is -0.462. The summed E-state index contributed by atoms with van der Waals surface area (Å²) < 4.78 is 10.7. The van der Waals surface area contributed by atoms with E-state index >= 15 is 0 Å². The van der Waals surface area contributed by atoms with Gasteiger partial charge in [0.25, 0.3) is 0 Å². The van der Waals surface area contributed by atoms with Gasteiger partial charge < -0.3 is 19.7 Å². The third-order valence-electron chi connectivity index (χ3n) is 12.5. The van der Waals surface area contributed by atoms with Gasteiger partial charge in [0.15, 0.2) is 0 Å². The molecule has 0 spiro atoms. The lowest BCUT2D eigenvalue weighted by molar-refractivity contribution is -0.144. The first-order chi connectivity index (χ1) is 26.8. The average Bonchev–Trinajstić information content (AvgIpc) is 3.43. The van der Waals surface area contributed by atoms with Crippen LogP contribution in [0.25, 0.3) is 0 Å². The molecule has 55 heavy (non-hydrogen) atoms. The molecule has 0 saturated heterocycles. The molecule has 0 unspecified atom stereocenters. The van der Waals surface area contributed by atoms with Crippen LogP contribution in [0, 0.1) is 17.3 Å². The summed E-state index contributed by atoms with van der Waals surface area (Å²) in [5.41, 5.74) is 1.89. The van der Waals surface area contributed by atoms with Crippen LogP contribution in [0.2, 0.25) is 0 Å². The van der Waals surface area contributed by atoms with E-state index in [1.54, 1.807) is 0 Å². The largest absolute Gasteiger partial charge is 0.466 e. The SMILES string of the molecule is CCCCCCCCCCCCCCCCc1ccc(C(=O)OCCCOC(=O)CCC/C=C\C[C@@H]2[C@@H](/C=C/C[C@H](O)C3(CC)CCC3)[C@H](O)C[C@H]2Cl)cc1. The maximum Gasteiger partial charge on any atom is 0.338 e. The lowest BCUT2D eigenvalue weighted by Crippen LogP contribution is -2.40. The number of esters is 2. The van der Waals surface area contributed by atoms with Gasteiger partial charge in [-0.1, -0.05) is 140 Å². The van der Waals surface area contributed by atoms with Gasteiger partial charge in [-0.15, -0.1) is 11.6 Å². The maximum atomic E-state index is 12.5. The molecule has 7 heteroatoms. The van der Waals surface area contributed by atoms with Crippen molar-refractivity contribution in [2.45, 2.75) is 198 Å². The summed E-state index contributed by atoms with van der Waals surface area (Å²) in [5.74, 6) is -0.453. The second-order valence-corrected chi connectivity index (χ2v) is 17.2. The normalized spacial score (nSPS) is 21.3. The van der Waals surface area contributed by atoms with E-state index in [9.17, 15) is 19.8 Å². The Hall–Kier alpha value is -2.15. The number of carbonyl (C=O) groups excluding carboxylic acids is 2. The lowest BCUT2D eigenvalue weighted by atomic mass is 9.63. The highest BCUT2D eigenvalue weighted by Crippen LogP contribution is 2.48. The first-order valence-electron chi connectivity index (χ1n) is 22.5. The van der Waals surface area contributed by atoms with Gasteiger partial charge in [0.1, 0.15) is 0 Å². The molecule has 1 aromatic rings. The van der Waals surface area contributed by atoms with Gasteiger partial charge in [-0.2, -0.15) is 0 Å². The van der Waals surface area contributed by atoms with Gasteiger partial charge in [-0.05, 0) is 93.2 Å². The van der Waals surface area contributed by atoms with Gasteiger partial charge in [0.2, 0.25) is 0 Å². The third kappa shape index (κ3) is 18.3. The molecule has 1 aromatic carbocycles.